The highest BCUT2D eigenvalue weighted by atomic mass is 19.1. The number of aliphatic imine (C=N–C) groups is 1. The third kappa shape index (κ3) is 2.20. The topological polar surface area (TPSA) is 97.3 Å². The molecule has 0 aliphatic carbocycles. The SMILES string of the molecule is N#CN1C=C2N(c3ccccc3C3=NCN(c4noc(C5CCCO5)n4)N23)C1F. The van der Waals surface area contributed by atoms with E-state index in [0.717, 1.165) is 23.3 Å². The van der Waals surface area contributed by atoms with E-state index in [2.05, 4.69) is 15.1 Å². The van der Waals surface area contributed by atoms with Crippen molar-refractivity contribution < 1.29 is 13.7 Å². The van der Waals surface area contributed by atoms with E-state index in [4.69, 9.17) is 9.26 Å². The number of aromatic nitrogens is 2. The fourth-order valence-corrected chi connectivity index (χ4v) is 4.02. The molecule has 2 atom stereocenters. The Labute approximate surface area is 164 Å². The summed E-state index contributed by atoms with van der Waals surface area (Å²) < 4.78 is 26.0. The number of alkyl halides is 1. The predicted molar refractivity (Wildman–Crippen MR) is 97.3 cm³/mol. The van der Waals surface area contributed by atoms with E-state index in [1.165, 1.54) is 11.1 Å². The first kappa shape index (κ1) is 16.3. The Bertz CT molecular complexity index is 1090. The van der Waals surface area contributed by atoms with Gasteiger partial charge in [0.05, 0.1) is 11.9 Å². The molecule has 146 valence electrons. The summed E-state index contributed by atoms with van der Waals surface area (Å²) in [5.41, 5.74) is 1.41. The summed E-state index contributed by atoms with van der Waals surface area (Å²) >= 11 is 0. The summed E-state index contributed by atoms with van der Waals surface area (Å²) in [6.45, 7) is 0.912. The molecule has 0 saturated carbocycles. The maximum atomic E-state index is 15.0. The number of hydrazine groups is 1. The van der Waals surface area contributed by atoms with Crippen molar-refractivity contribution in [2.24, 2.45) is 4.99 Å². The first-order chi connectivity index (χ1) is 14.3. The van der Waals surface area contributed by atoms with Gasteiger partial charge in [-0.15, -0.1) is 0 Å². The van der Waals surface area contributed by atoms with E-state index in [0.29, 0.717) is 35.8 Å². The van der Waals surface area contributed by atoms with Gasteiger partial charge in [0.1, 0.15) is 12.8 Å². The molecule has 0 N–H and O–H groups in total. The lowest BCUT2D eigenvalue weighted by atomic mass is 10.1. The maximum absolute atomic E-state index is 15.0. The van der Waals surface area contributed by atoms with E-state index in [1.807, 2.05) is 30.5 Å². The number of para-hydroxylation sites is 1. The lowest BCUT2D eigenvalue weighted by Gasteiger charge is -2.39. The van der Waals surface area contributed by atoms with Crippen LogP contribution in [0.2, 0.25) is 0 Å². The van der Waals surface area contributed by atoms with Crippen LogP contribution in [0.4, 0.5) is 16.0 Å². The standard InChI is InChI=1S/C18H15FN8O2/c19-17-24(9-20)8-14-26(17)12-5-2-1-4-11(12)15-21-10-25(27(14)15)18-22-16(29-23-18)13-6-3-7-28-13/h1-2,4-5,8,13,17H,3,6-7,10H2. The fraction of sp³-hybridized carbons (Fsp3) is 0.333. The third-order valence-corrected chi connectivity index (χ3v) is 5.34. The van der Waals surface area contributed by atoms with Crippen molar-refractivity contribution in [2.75, 3.05) is 23.2 Å². The van der Waals surface area contributed by atoms with Gasteiger partial charge < -0.3 is 9.26 Å². The molecule has 29 heavy (non-hydrogen) atoms. The number of fused-ring (bicyclic) bond motifs is 6. The van der Waals surface area contributed by atoms with E-state index in [9.17, 15) is 5.26 Å². The van der Waals surface area contributed by atoms with E-state index >= 15 is 4.39 Å². The molecule has 0 bridgehead atoms. The second-order valence-corrected chi connectivity index (χ2v) is 6.96. The summed E-state index contributed by atoms with van der Waals surface area (Å²) in [6.07, 6.45) is 3.26. The van der Waals surface area contributed by atoms with E-state index < -0.39 is 6.42 Å². The number of amidine groups is 1. The van der Waals surface area contributed by atoms with Crippen LogP contribution in [0.25, 0.3) is 0 Å². The first-order valence-electron chi connectivity index (χ1n) is 9.26. The maximum Gasteiger partial charge on any atom is 0.287 e. The van der Waals surface area contributed by atoms with Gasteiger partial charge in [-0.1, -0.05) is 12.1 Å². The average Bonchev–Trinajstić information content (AvgIpc) is 3.52. The Hall–Kier alpha value is -3.65. The quantitative estimate of drug-likeness (QED) is 0.560. The largest absolute Gasteiger partial charge is 0.368 e. The molecule has 1 fully saturated rings. The van der Waals surface area contributed by atoms with Crippen LogP contribution in [-0.2, 0) is 4.74 Å². The first-order valence-corrected chi connectivity index (χ1v) is 9.26. The Morgan fingerprint density at radius 3 is 3.00 bits per heavy atom. The summed E-state index contributed by atoms with van der Waals surface area (Å²) in [5, 5.41) is 16.8. The van der Waals surface area contributed by atoms with Gasteiger partial charge in [-0.05, 0) is 30.1 Å². The summed E-state index contributed by atoms with van der Waals surface area (Å²) in [7, 11) is 0. The van der Waals surface area contributed by atoms with Gasteiger partial charge in [-0.2, -0.15) is 14.6 Å². The van der Waals surface area contributed by atoms with Gasteiger partial charge >= 0.3 is 0 Å². The zero-order valence-electron chi connectivity index (χ0n) is 15.1. The number of benzene rings is 1. The van der Waals surface area contributed by atoms with Crippen molar-refractivity contribution in [3.8, 4) is 6.19 Å². The molecule has 2 unspecified atom stereocenters. The molecular formula is C18H15FN8O2. The number of hydrogen-bond donors (Lipinski definition) is 0. The lowest BCUT2D eigenvalue weighted by molar-refractivity contribution is 0.0835. The highest BCUT2D eigenvalue weighted by molar-refractivity contribution is 6.09. The average molecular weight is 394 g/mol. The monoisotopic (exact) mass is 394 g/mol. The van der Waals surface area contributed by atoms with Crippen LogP contribution in [0.15, 0.2) is 45.8 Å². The summed E-state index contributed by atoms with van der Waals surface area (Å²) in [4.78, 5) is 11.5. The Morgan fingerprint density at radius 2 is 2.17 bits per heavy atom. The van der Waals surface area contributed by atoms with E-state index in [1.54, 1.807) is 10.0 Å². The molecular weight excluding hydrogens is 379 g/mol. The molecule has 0 amide bonds. The normalized spacial score (nSPS) is 24.8. The molecule has 1 aromatic carbocycles. The number of rotatable bonds is 2. The summed E-state index contributed by atoms with van der Waals surface area (Å²) in [6, 6.07) is 7.38. The number of nitriles is 1. The van der Waals surface area contributed by atoms with Crippen LogP contribution >= 0.6 is 0 Å². The molecule has 10 nitrogen and oxygen atoms in total. The van der Waals surface area contributed by atoms with Crippen molar-refractivity contribution in [1.82, 2.24) is 20.0 Å². The molecule has 1 aromatic heterocycles. The van der Waals surface area contributed by atoms with Crippen molar-refractivity contribution in [3.63, 3.8) is 0 Å². The second-order valence-electron chi connectivity index (χ2n) is 6.96. The van der Waals surface area contributed by atoms with E-state index in [-0.39, 0.29) is 12.8 Å². The zero-order valence-corrected chi connectivity index (χ0v) is 15.1. The van der Waals surface area contributed by atoms with Crippen LogP contribution < -0.4 is 9.91 Å². The fourth-order valence-electron chi connectivity index (χ4n) is 4.02. The Morgan fingerprint density at radius 1 is 1.28 bits per heavy atom. The molecule has 0 radical (unpaired) electrons. The number of halogens is 1. The van der Waals surface area contributed by atoms with Crippen molar-refractivity contribution in [2.45, 2.75) is 25.4 Å². The van der Waals surface area contributed by atoms with Gasteiger partial charge in [-0.3, -0.25) is 4.90 Å². The number of nitrogens with zero attached hydrogens (tertiary/aromatic N) is 8. The molecule has 5 heterocycles. The minimum absolute atomic E-state index is 0.201. The summed E-state index contributed by atoms with van der Waals surface area (Å²) in [5.74, 6) is 1.82. The highest BCUT2D eigenvalue weighted by Gasteiger charge is 2.47. The molecule has 11 heteroatoms. The van der Waals surface area contributed by atoms with Gasteiger partial charge in [0.2, 0.25) is 0 Å². The van der Waals surface area contributed by atoms with Gasteiger partial charge in [0, 0.05) is 12.2 Å². The van der Waals surface area contributed by atoms with Crippen molar-refractivity contribution in [3.05, 3.63) is 47.7 Å². The lowest BCUT2D eigenvalue weighted by Crippen LogP contribution is -2.51. The molecule has 2 aromatic rings. The Balaban J connectivity index is 1.43. The van der Waals surface area contributed by atoms with Crippen LogP contribution in [0.3, 0.4) is 0 Å². The van der Waals surface area contributed by atoms with Crippen molar-refractivity contribution >= 4 is 17.5 Å². The second kappa shape index (κ2) is 5.92. The molecule has 1 saturated heterocycles. The van der Waals surface area contributed by atoms with Crippen LogP contribution in [0, 0.1) is 11.5 Å². The molecule has 4 aliphatic heterocycles. The highest BCUT2D eigenvalue weighted by Crippen LogP contribution is 2.42. The minimum atomic E-state index is -1.65. The zero-order chi connectivity index (χ0) is 19.5. The molecule has 0 spiro atoms. The number of hydrogen-bond acceptors (Lipinski definition) is 10. The predicted octanol–water partition coefficient (Wildman–Crippen LogP) is 2.03. The number of anilines is 2. The minimum Gasteiger partial charge on any atom is -0.368 e. The van der Waals surface area contributed by atoms with Gasteiger partial charge in [-0.25, -0.2) is 19.9 Å². The Kier molecular flexibility index (Phi) is 3.33. The smallest absolute Gasteiger partial charge is 0.287 e. The molecule has 6 rings (SSSR count). The number of ether oxygens (including phenoxy) is 1. The van der Waals surface area contributed by atoms with Gasteiger partial charge in [0.25, 0.3) is 18.3 Å². The van der Waals surface area contributed by atoms with Gasteiger partial charge in [0.15, 0.2) is 17.8 Å². The third-order valence-electron chi connectivity index (χ3n) is 5.34. The van der Waals surface area contributed by atoms with Crippen LogP contribution in [-0.4, -0.2) is 45.6 Å². The molecule has 4 aliphatic rings. The van der Waals surface area contributed by atoms with Crippen molar-refractivity contribution in [1.29, 1.82) is 5.26 Å². The van der Waals surface area contributed by atoms with Crippen LogP contribution in [0.5, 0.6) is 0 Å². The van der Waals surface area contributed by atoms with Crippen LogP contribution in [0.1, 0.15) is 30.4 Å².